The Labute approximate surface area is 229 Å². The van der Waals surface area contributed by atoms with E-state index in [2.05, 4.69) is 25.6 Å². The molecule has 204 valence electrons. The molecule has 9 nitrogen and oxygen atoms in total. The van der Waals surface area contributed by atoms with Crippen molar-refractivity contribution in [3.63, 3.8) is 0 Å². The van der Waals surface area contributed by atoms with E-state index in [1.807, 2.05) is 12.1 Å². The summed E-state index contributed by atoms with van der Waals surface area (Å²) in [6.45, 7) is 3.10. The number of pyridine rings is 1. The predicted molar refractivity (Wildman–Crippen MR) is 140 cm³/mol. The molecule has 2 N–H and O–H groups in total. The molecule has 1 aromatic carbocycles. The summed E-state index contributed by atoms with van der Waals surface area (Å²) in [4.78, 5) is 40.1. The lowest BCUT2D eigenvalue weighted by Gasteiger charge is -2.23. The summed E-state index contributed by atoms with van der Waals surface area (Å²) < 4.78 is 31.3. The van der Waals surface area contributed by atoms with E-state index in [0.29, 0.717) is 46.7 Å². The number of nitrogens with one attached hydrogen (secondary N) is 2. The van der Waals surface area contributed by atoms with Crippen LogP contribution < -0.4 is 10.6 Å². The number of benzene rings is 1. The van der Waals surface area contributed by atoms with E-state index < -0.39 is 18.4 Å². The summed E-state index contributed by atoms with van der Waals surface area (Å²) in [5, 5.41) is 6.41. The third-order valence-electron chi connectivity index (χ3n) is 6.73. The molecule has 2 aliphatic heterocycles. The lowest BCUT2D eigenvalue weighted by Crippen LogP contribution is -2.38. The summed E-state index contributed by atoms with van der Waals surface area (Å²) in [5.74, 6) is -0.261. The minimum absolute atomic E-state index is 0.185. The van der Waals surface area contributed by atoms with Crippen LogP contribution in [0.15, 0.2) is 42.6 Å². The maximum Gasteiger partial charge on any atom is 0.280 e. The van der Waals surface area contributed by atoms with Gasteiger partial charge in [-0.2, -0.15) is 0 Å². The average molecular weight is 557 g/mol. The molecule has 0 spiro atoms. The minimum atomic E-state index is -2.70. The number of rotatable bonds is 8. The first-order chi connectivity index (χ1) is 18.8. The number of nitrogens with zero attached hydrogens (tertiary/aromatic N) is 4. The molecule has 2 aliphatic rings. The predicted octanol–water partition coefficient (Wildman–Crippen LogP) is 4.55. The molecule has 0 aliphatic carbocycles. The number of hydrogen-bond donors (Lipinski definition) is 2. The first-order valence-electron chi connectivity index (χ1n) is 12.6. The van der Waals surface area contributed by atoms with Crippen LogP contribution in [0.5, 0.6) is 0 Å². The highest BCUT2D eigenvalue weighted by Crippen LogP contribution is 2.32. The van der Waals surface area contributed by atoms with Gasteiger partial charge >= 0.3 is 0 Å². The average Bonchev–Trinajstić information content (AvgIpc) is 3.24. The first-order valence-corrected chi connectivity index (χ1v) is 13.0. The first kappa shape index (κ1) is 26.9. The summed E-state index contributed by atoms with van der Waals surface area (Å²) in [6.07, 6.45) is 0.542. The summed E-state index contributed by atoms with van der Waals surface area (Å²) >= 11 is 6.42. The second-order valence-corrected chi connectivity index (χ2v) is 9.94. The summed E-state index contributed by atoms with van der Waals surface area (Å²) in [6, 6.07) is 9.27. The Morgan fingerprint density at radius 2 is 1.95 bits per heavy atom. The normalized spacial score (nSPS) is 16.3. The molecule has 0 radical (unpaired) electrons. The summed E-state index contributed by atoms with van der Waals surface area (Å²) in [7, 11) is 0. The van der Waals surface area contributed by atoms with Gasteiger partial charge in [-0.1, -0.05) is 29.8 Å². The van der Waals surface area contributed by atoms with Gasteiger partial charge < -0.3 is 20.3 Å². The quantitative estimate of drug-likeness (QED) is 0.419. The number of alkyl halides is 2. The van der Waals surface area contributed by atoms with Crippen molar-refractivity contribution >= 4 is 29.4 Å². The Morgan fingerprint density at radius 3 is 2.72 bits per heavy atom. The Hall–Kier alpha value is -3.70. The number of anilines is 1. The molecule has 1 saturated heterocycles. The van der Waals surface area contributed by atoms with Crippen LogP contribution in [0.2, 0.25) is 5.02 Å². The van der Waals surface area contributed by atoms with Crippen LogP contribution in [-0.2, 0) is 16.1 Å². The molecule has 5 rings (SSSR count). The zero-order chi connectivity index (χ0) is 27.5. The van der Waals surface area contributed by atoms with Crippen molar-refractivity contribution in [2.75, 3.05) is 25.1 Å². The van der Waals surface area contributed by atoms with Gasteiger partial charge in [-0.15, -0.1) is 0 Å². The van der Waals surface area contributed by atoms with Crippen LogP contribution in [0.25, 0.3) is 11.3 Å². The van der Waals surface area contributed by atoms with Crippen molar-refractivity contribution < 1.29 is 23.1 Å². The molecular weight excluding hydrogens is 530 g/mol. The second-order valence-electron chi connectivity index (χ2n) is 9.53. The minimum Gasteiger partial charge on any atom is -0.381 e. The Bertz CT molecular complexity index is 1390. The van der Waals surface area contributed by atoms with Crippen molar-refractivity contribution in [1.29, 1.82) is 0 Å². The van der Waals surface area contributed by atoms with E-state index in [4.69, 9.17) is 16.3 Å². The van der Waals surface area contributed by atoms with Gasteiger partial charge in [0.1, 0.15) is 12.2 Å². The number of ether oxygens (including phenoxy) is 1. The lowest BCUT2D eigenvalue weighted by molar-refractivity contribution is -0.122. The highest BCUT2D eigenvalue weighted by atomic mass is 35.5. The standard InChI is InChI=1S/C27H27ClF2N6O3/c1-15(21-3-2-4-22(34-21)25(29)30)32-23(37)14-36-13-17-6-5-16(11-19(17)26(36)38)24-20(28)12-31-27(35-24)33-18-7-9-39-10-8-18/h2-6,11-12,15,18,25H,7-10,13-14H2,1H3,(H,32,37)(H,31,33,35). The second kappa shape index (κ2) is 11.6. The third kappa shape index (κ3) is 6.15. The number of amides is 2. The highest BCUT2D eigenvalue weighted by Gasteiger charge is 2.30. The van der Waals surface area contributed by atoms with Crippen LogP contribution in [0.4, 0.5) is 14.7 Å². The molecule has 0 saturated carbocycles. The number of halogens is 3. The maximum atomic E-state index is 13.2. The van der Waals surface area contributed by atoms with E-state index in [0.717, 1.165) is 18.4 Å². The molecule has 3 aromatic rings. The largest absolute Gasteiger partial charge is 0.381 e. The van der Waals surface area contributed by atoms with E-state index in [1.165, 1.54) is 23.2 Å². The van der Waals surface area contributed by atoms with E-state index >= 15 is 0 Å². The Balaban J connectivity index is 1.26. The van der Waals surface area contributed by atoms with Gasteiger partial charge in [0.2, 0.25) is 11.9 Å². The fraction of sp³-hybridized carbons (Fsp3) is 0.370. The van der Waals surface area contributed by atoms with Gasteiger partial charge in [-0.3, -0.25) is 9.59 Å². The lowest BCUT2D eigenvalue weighted by atomic mass is 10.0. The van der Waals surface area contributed by atoms with E-state index in [-0.39, 0.29) is 30.7 Å². The molecule has 4 heterocycles. The van der Waals surface area contributed by atoms with Crippen molar-refractivity contribution in [1.82, 2.24) is 25.2 Å². The molecule has 2 aromatic heterocycles. The molecule has 0 bridgehead atoms. The van der Waals surface area contributed by atoms with Crippen LogP contribution in [0.1, 0.15) is 59.5 Å². The Kier molecular flexibility index (Phi) is 7.99. The molecule has 1 fully saturated rings. The maximum absolute atomic E-state index is 13.2. The van der Waals surface area contributed by atoms with Crippen LogP contribution >= 0.6 is 11.6 Å². The van der Waals surface area contributed by atoms with Crippen LogP contribution in [0, 0.1) is 0 Å². The molecule has 1 atom stereocenters. The van der Waals surface area contributed by atoms with Gasteiger partial charge in [0.15, 0.2) is 0 Å². The fourth-order valence-electron chi connectivity index (χ4n) is 4.67. The van der Waals surface area contributed by atoms with Crippen molar-refractivity contribution in [2.45, 2.75) is 44.8 Å². The van der Waals surface area contributed by atoms with Crippen molar-refractivity contribution in [3.8, 4) is 11.3 Å². The van der Waals surface area contributed by atoms with Gasteiger partial charge in [-0.25, -0.2) is 23.7 Å². The molecule has 12 heteroatoms. The fourth-order valence-corrected chi connectivity index (χ4v) is 4.87. The van der Waals surface area contributed by atoms with Crippen LogP contribution in [-0.4, -0.2) is 57.5 Å². The molecule has 2 amide bonds. The summed E-state index contributed by atoms with van der Waals surface area (Å²) in [5.41, 5.74) is 2.36. The van der Waals surface area contributed by atoms with Crippen LogP contribution in [0.3, 0.4) is 0 Å². The Morgan fingerprint density at radius 1 is 1.18 bits per heavy atom. The number of aromatic nitrogens is 3. The number of fused-ring (bicyclic) bond motifs is 1. The highest BCUT2D eigenvalue weighted by molar-refractivity contribution is 6.33. The van der Waals surface area contributed by atoms with Crippen molar-refractivity contribution in [3.05, 3.63) is 70.1 Å². The van der Waals surface area contributed by atoms with E-state index in [1.54, 1.807) is 19.1 Å². The van der Waals surface area contributed by atoms with Gasteiger partial charge in [0, 0.05) is 36.9 Å². The van der Waals surface area contributed by atoms with Gasteiger partial charge in [0.05, 0.1) is 28.6 Å². The van der Waals surface area contributed by atoms with Crippen molar-refractivity contribution in [2.24, 2.45) is 0 Å². The van der Waals surface area contributed by atoms with E-state index in [9.17, 15) is 18.4 Å². The monoisotopic (exact) mass is 556 g/mol. The number of carbonyl (C=O) groups excluding carboxylic acids is 2. The SMILES string of the molecule is CC(NC(=O)CN1Cc2ccc(-c3nc(NC4CCOCC4)ncc3Cl)cc2C1=O)c1cccc(C(F)F)n1. The molecule has 39 heavy (non-hydrogen) atoms. The number of hydrogen-bond acceptors (Lipinski definition) is 7. The zero-order valence-electron chi connectivity index (χ0n) is 21.2. The zero-order valence-corrected chi connectivity index (χ0v) is 21.9. The third-order valence-corrected chi connectivity index (χ3v) is 7.01. The molecule has 1 unspecified atom stereocenters. The molecular formula is C27H27ClF2N6O3. The van der Waals surface area contributed by atoms with Gasteiger partial charge in [-0.05, 0) is 43.5 Å². The topological polar surface area (TPSA) is 109 Å². The smallest absolute Gasteiger partial charge is 0.280 e. The van der Waals surface area contributed by atoms with Gasteiger partial charge in [0.25, 0.3) is 12.3 Å². The number of carbonyl (C=O) groups is 2.